The summed E-state index contributed by atoms with van der Waals surface area (Å²) in [5.41, 5.74) is 9.97. The number of fused-ring (bicyclic) bond motifs is 2. The summed E-state index contributed by atoms with van der Waals surface area (Å²) >= 11 is 0. The molecule has 2 heterocycles. The Morgan fingerprint density at radius 3 is 2.26 bits per heavy atom. The second kappa shape index (κ2) is 10.6. The molecular weight excluding hydrogens is 661 g/mol. The maximum Gasteiger partial charge on any atom is 0.148 e. The number of phenolic OH excluding ortho intramolecular Hbond substituents is 1. The minimum Gasteiger partial charge on any atom is -0.507 e. The molecule has 0 bridgehead atoms. The van der Waals surface area contributed by atoms with Crippen molar-refractivity contribution in [1.82, 2.24) is 14.5 Å². The first-order valence-corrected chi connectivity index (χ1v) is 13.1. The molecule has 194 valence electrons. The van der Waals surface area contributed by atoms with Gasteiger partial charge in [-0.2, -0.15) is 0 Å². The first kappa shape index (κ1) is 25.3. The normalized spacial score (nSPS) is 12.6. The SMILES string of the molecule is Oc1cc2c(cc1-c1nc3c(-c4[c-]c(-c5ccccn5)ccc4)cccc3n1-c1ccccc1)CCCC2.[Pt]. The van der Waals surface area contributed by atoms with Crippen LogP contribution in [-0.2, 0) is 33.9 Å². The van der Waals surface area contributed by atoms with E-state index in [0.717, 1.165) is 63.3 Å². The van der Waals surface area contributed by atoms with Crippen LogP contribution in [0.15, 0.2) is 103 Å². The molecular formula is C34H26N3OPt-. The molecule has 5 heteroatoms. The second-order valence-corrected chi connectivity index (χ2v) is 9.82. The zero-order valence-corrected chi connectivity index (χ0v) is 23.5. The van der Waals surface area contributed by atoms with Gasteiger partial charge in [-0.15, -0.1) is 29.8 Å². The summed E-state index contributed by atoms with van der Waals surface area (Å²) in [5.74, 6) is 1.02. The molecule has 6 aromatic rings. The molecule has 1 N–H and O–H groups in total. The molecule has 0 fully saturated rings. The standard InChI is InChI=1S/C34H26N3O.Pt/c38-32-22-24-11-5-4-10-23(24)21-29(32)34-36-33-28(16-9-18-31(33)37(34)27-14-2-1-3-15-27)25-12-8-13-26(20-25)30-17-6-7-19-35-30;/h1-3,6-9,12-19,21-22,38H,4-5,10-11H2;/q-1;. The van der Waals surface area contributed by atoms with Gasteiger partial charge in [-0.25, -0.2) is 4.98 Å². The molecule has 0 saturated carbocycles. The minimum atomic E-state index is 0. The molecule has 0 atom stereocenters. The molecule has 2 aromatic heterocycles. The number of phenols is 1. The number of para-hydroxylation sites is 2. The number of rotatable bonds is 4. The van der Waals surface area contributed by atoms with Crippen LogP contribution in [0, 0.1) is 6.07 Å². The summed E-state index contributed by atoms with van der Waals surface area (Å²) < 4.78 is 2.16. The van der Waals surface area contributed by atoms with E-state index in [-0.39, 0.29) is 26.8 Å². The van der Waals surface area contributed by atoms with Gasteiger partial charge in [0.1, 0.15) is 11.6 Å². The topological polar surface area (TPSA) is 50.9 Å². The van der Waals surface area contributed by atoms with Crippen LogP contribution in [0.4, 0.5) is 0 Å². The largest absolute Gasteiger partial charge is 0.507 e. The minimum absolute atomic E-state index is 0. The maximum absolute atomic E-state index is 11.2. The van der Waals surface area contributed by atoms with Crippen molar-refractivity contribution in [3.8, 4) is 45.2 Å². The third kappa shape index (κ3) is 4.60. The van der Waals surface area contributed by atoms with E-state index in [1.54, 1.807) is 6.20 Å². The van der Waals surface area contributed by atoms with Gasteiger partial charge in [0, 0.05) is 38.6 Å². The molecule has 1 aliphatic carbocycles. The van der Waals surface area contributed by atoms with Crippen molar-refractivity contribution < 1.29 is 26.2 Å². The summed E-state index contributed by atoms with van der Waals surface area (Å²) in [6.07, 6.45) is 6.21. The Morgan fingerprint density at radius 2 is 1.46 bits per heavy atom. The van der Waals surface area contributed by atoms with Gasteiger partial charge in [-0.1, -0.05) is 53.6 Å². The molecule has 39 heavy (non-hydrogen) atoms. The van der Waals surface area contributed by atoms with Crippen LogP contribution in [0.3, 0.4) is 0 Å². The number of nitrogens with zero attached hydrogens (tertiary/aromatic N) is 3. The van der Waals surface area contributed by atoms with Crippen molar-refractivity contribution in [3.63, 3.8) is 0 Å². The number of imidazole rings is 1. The van der Waals surface area contributed by atoms with Gasteiger partial charge in [0.05, 0.1) is 16.6 Å². The molecule has 1 aliphatic rings. The van der Waals surface area contributed by atoms with E-state index in [4.69, 9.17) is 4.98 Å². The van der Waals surface area contributed by atoms with E-state index in [2.05, 4.69) is 58.1 Å². The van der Waals surface area contributed by atoms with Crippen molar-refractivity contribution in [2.75, 3.05) is 0 Å². The zero-order chi connectivity index (χ0) is 25.5. The Morgan fingerprint density at radius 1 is 0.718 bits per heavy atom. The van der Waals surface area contributed by atoms with E-state index in [9.17, 15) is 5.11 Å². The number of hydrogen-bond donors (Lipinski definition) is 1. The zero-order valence-electron chi connectivity index (χ0n) is 21.2. The quantitative estimate of drug-likeness (QED) is 0.193. The number of aromatic hydroxyl groups is 1. The monoisotopic (exact) mass is 687 g/mol. The van der Waals surface area contributed by atoms with Gasteiger partial charge in [0.25, 0.3) is 0 Å². The third-order valence-electron chi connectivity index (χ3n) is 7.43. The van der Waals surface area contributed by atoms with Crippen LogP contribution in [0.1, 0.15) is 24.0 Å². The Labute approximate surface area is 242 Å². The summed E-state index contributed by atoms with van der Waals surface area (Å²) in [4.78, 5) is 9.72. The van der Waals surface area contributed by atoms with Gasteiger partial charge in [0.15, 0.2) is 0 Å². The van der Waals surface area contributed by atoms with Crippen molar-refractivity contribution >= 4 is 11.0 Å². The van der Waals surface area contributed by atoms with Gasteiger partial charge < -0.3 is 5.11 Å². The molecule has 4 aromatic carbocycles. The van der Waals surface area contributed by atoms with E-state index < -0.39 is 0 Å². The number of benzene rings is 4. The number of hydrogen-bond acceptors (Lipinski definition) is 3. The van der Waals surface area contributed by atoms with Crippen LogP contribution in [0.5, 0.6) is 5.75 Å². The molecule has 0 unspecified atom stereocenters. The maximum atomic E-state index is 11.2. The first-order valence-electron chi connectivity index (χ1n) is 13.1. The number of pyridine rings is 1. The van der Waals surface area contributed by atoms with Crippen molar-refractivity contribution in [1.29, 1.82) is 0 Å². The van der Waals surface area contributed by atoms with Gasteiger partial charge in [-0.05, 0) is 73.2 Å². The predicted octanol–water partition coefficient (Wildman–Crippen LogP) is 7.80. The molecule has 0 amide bonds. The van der Waals surface area contributed by atoms with Gasteiger partial charge in [-0.3, -0.25) is 9.55 Å². The average molecular weight is 688 g/mol. The summed E-state index contributed by atoms with van der Waals surface area (Å²) in [7, 11) is 0. The fraction of sp³-hybridized carbons (Fsp3) is 0.118. The van der Waals surface area contributed by atoms with E-state index in [0.29, 0.717) is 0 Å². The van der Waals surface area contributed by atoms with Crippen molar-refractivity contribution in [3.05, 3.63) is 120 Å². The van der Waals surface area contributed by atoms with Crippen molar-refractivity contribution in [2.24, 2.45) is 0 Å². The van der Waals surface area contributed by atoms with Crippen LogP contribution in [-0.4, -0.2) is 19.6 Å². The smallest absolute Gasteiger partial charge is 0.148 e. The molecule has 7 rings (SSSR count). The molecule has 0 aliphatic heterocycles. The average Bonchev–Trinajstić information content (AvgIpc) is 3.37. The molecule has 0 spiro atoms. The summed E-state index contributed by atoms with van der Waals surface area (Å²) in [6.45, 7) is 0. The van der Waals surface area contributed by atoms with Crippen LogP contribution >= 0.6 is 0 Å². The van der Waals surface area contributed by atoms with E-state index in [1.807, 2.05) is 54.6 Å². The first-order chi connectivity index (χ1) is 18.8. The third-order valence-corrected chi connectivity index (χ3v) is 7.43. The van der Waals surface area contributed by atoms with Crippen LogP contribution < -0.4 is 0 Å². The Balaban J connectivity index is 0.00000277. The number of aromatic nitrogens is 3. The van der Waals surface area contributed by atoms with E-state index >= 15 is 0 Å². The van der Waals surface area contributed by atoms with Crippen LogP contribution in [0.2, 0.25) is 0 Å². The Hall–Kier alpha value is -4.01. The predicted molar refractivity (Wildman–Crippen MR) is 152 cm³/mol. The van der Waals surface area contributed by atoms with Crippen LogP contribution in [0.25, 0.3) is 50.5 Å². The fourth-order valence-corrected chi connectivity index (χ4v) is 5.59. The van der Waals surface area contributed by atoms with Gasteiger partial charge in [0.2, 0.25) is 0 Å². The van der Waals surface area contributed by atoms with E-state index in [1.165, 1.54) is 24.0 Å². The van der Waals surface area contributed by atoms with Gasteiger partial charge >= 0.3 is 0 Å². The Kier molecular flexibility index (Phi) is 6.89. The molecule has 0 radical (unpaired) electrons. The Bertz CT molecular complexity index is 1780. The summed E-state index contributed by atoms with van der Waals surface area (Å²) in [6, 6.07) is 36.2. The number of aryl methyl sites for hydroxylation is 2. The second-order valence-electron chi connectivity index (χ2n) is 9.82. The molecule has 4 nitrogen and oxygen atoms in total. The fourth-order valence-electron chi connectivity index (χ4n) is 5.59. The summed E-state index contributed by atoms with van der Waals surface area (Å²) in [5, 5.41) is 11.2. The van der Waals surface area contributed by atoms with Crippen molar-refractivity contribution in [2.45, 2.75) is 25.7 Å². The molecule has 0 saturated heterocycles.